The molecule has 1 aromatic rings. The second kappa shape index (κ2) is 6.59. The maximum atomic E-state index is 12.3. The minimum Gasteiger partial charge on any atom is -0.398 e. The van der Waals surface area contributed by atoms with Crippen LogP contribution in [-0.2, 0) is 10.0 Å². The third-order valence-corrected chi connectivity index (χ3v) is 5.75. The third kappa shape index (κ3) is 3.73. The van der Waals surface area contributed by atoms with Crippen molar-refractivity contribution in [2.45, 2.75) is 50.3 Å². The zero-order valence-electron chi connectivity index (χ0n) is 12.1. The quantitative estimate of drug-likeness (QED) is 0.626. The molecule has 1 aromatic carbocycles. The molecule has 1 fully saturated rings. The van der Waals surface area contributed by atoms with E-state index in [1.165, 1.54) is 25.7 Å². The summed E-state index contributed by atoms with van der Waals surface area (Å²) in [6.45, 7) is 2.26. The maximum absolute atomic E-state index is 12.3. The van der Waals surface area contributed by atoms with Crippen LogP contribution in [0.4, 0.5) is 5.69 Å². The number of rotatable bonds is 6. The molecule has 20 heavy (non-hydrogen) atoms. The molecule has 0 aromatic heterocycles. The molecular formula is C15H24N2O2S. The maximum Gasteiger partial charge on any atom is 0.242 e. The lowest BCUT2D eigenvalue weighted by atomic mass is 10.0. The first-order valence-electron chi connectivity index (χ1n) is 7.35. The fourth-order valence-electron chi connectivity index (χ4n) is 3.01. The minimum absolute atomic E-state index is 0.223. The largest absolute Gasteiger partial charge is 0.398 e. The zero-order valence-corrected chi connectivity index (χ0v) is 12.9. The Morgan fingerprint density at radius 3 is 2.65 bits per heavy atom. The Labute approximate surface area is 121 Å². The molecule has 0 saturated heterocycles. The van der Waals surface area contributed by atoms with E-state index in [4.69, 9.17) is 5.73 Å². The standard InChI is InChI=1S/C15H24N2O2S/c1-12-6-4-10-14(16)15(12)20(18,19)17-11-5-9-13-7-2-3-8-13/h4,6,10,13,17H,2-3,5,7-9,11,16H2,1H3. The van der Waals surface area contributed by atoms with Crippen molar-refractivity contribution in [3.05, 3.63) is 23.8 Å². The molecule has 5 heteroatoms. The van der Waals surface area contributed by atoms with Crippen LogP contribution in [0.2, 0.25) is 0 Å². The predicted octanol–water partition coefficient (Wildman–Crippen LogP) is 2.83. The van der Waals surface area contributed by atoms with Crippen molar-refractivity contribution < 1.29 is 8.42 Å². The summed E-state index contributed by atoms with van der Waals surface area (Å²) < 4.78 is 27.2. The number of hydrogen-bond acceptors (Lipinski definition) is 3. The molecule has 0 atom stereocenters. The van der Waals surface area contributed by atoms with Gasteiger partial charge in [-0.05, 0) is 37.3 Å². The van der Waals surface area contributed by atoms with E-state index < -0.39 is 10.0 Å². The van der Waals surface area contributed by atoms with Crippen LogP contribution in [-0.4, -0.2) is 15.0 Å². The first kappa shape index (κ1) is 15.3. The van der Waals surface area contributed by atoms with E-state index in [0.29, 0.717) is 17.8 Å². The Morgan fingerprint density at radius 2 is 2.00 bits per heavy atom. The molecule has 0 spiro atoms. The molecule has 4 nitrogen and oxygen atoms in total. The van der Waals surface area contributed by atoms with Gasteiger partial charge in [0.25, 0.3) is 0 Å². The molecule has 0 amide bonds. The van der Waals surface area contributed by atoms with Crippen LogP contribution in [0.1, 0.15) is 44.1 Å². The number of hydrogen-bond donors (Lipinski definition) is 2. The van der Waals surface area contributed by atoms with Gasteiger partial charge in [0.05, 0.1) is 5.69 Å². The van der Waals surface area contributed by atoms with Crippen molar-refractivity contribution in [3.63, 3.8) is 0 Å². The molecule has 1 aliphatic carbocycles. The Kier molecular flexibility index (Phi) is 5.05. The first-order chi connectivity index (χ1) is 9.50. The highest BCUT2D eigenvalue weighted by molar-refractivity contribution is 7.89. The Balaban J connectivity index is 1.90. The van der Waals surface area contributed by atoms with Gasteiger partial charge in [0.2, 0.25) is 10.0 Å². The van der Waals surface area contributed by atoms with Gasteiger partial charge in [0.15, 0.2) is 0 Å². The van der Waals surface area contributed by atoms with E-state index in [2.05, 4.69) is 4.72 Å². The van der Waals surface area contributed by atoms with Gasteiger partial charge in [0, 0.05) is 6.54 Å². The van der Waals surface area contributed by atoms with Crippen molar-refractivity contribution in [1.82, 2.24) is 4.72 Å². The molecule has 0 radical (unpaired) electrons. The Hall–Kier alpha value is -1.07. The molecule has 0 bridgehead atoms. The number of nitrogen functional groups attached to an aromatic ring is 1. The van der Waals surface area contributed by atoms with Gasteiger partial charge in [-0.3, -0.25) is 0 Å². The number of nitrogens with one attached hydrogen (secondary N) is 1. The van der Waals surface area contributed by atoms with Gasteiger partial charge < -0.3 is 5.73 Å². The third-order valence-electron chi connectivity index (χ3n) is 4.07. The van der Waals surface area contributed by atoms with Gasteiger partial charge in [-0.2, -0.15) is 0 Å². The van der Waals surface area contributed by atoms with Crippen LogP contribution >= 0.6 is 0 Å². The minimum atomic E-state index is -3.49. The molecule has 1 saturated carbocycles. The van der Waals surface area contributed by atoms with E-state index in [1.807, 2.05) is 0 Å². The summed E-state index contributed by atoms with van der Waals surface area (Å²) in [6, 6.07) is 5.16. The van der Waals surface area contributed by atoms with Crippen molar-refractivity contribution in [3.8, 4) is 0 Å². The normalized spacial score (nSPS) is 16.6. The molecule has 0 aliphatic heterocycles. The van der Waals surface area contributed by atoms with Crippen LogP contribution in [0.5, 0.6) is 0 Å². The van der Waals surface area contributed by atoms with Crippen molar-refractivity contribution in [2.75, 3.05) is 12.3 Å². The van der Waals surface area contributed by atoms with Crippen LogP contribution in [0, 0.1) is 12.8 Å². The average molecular weight is 296 g/mol. The van der Waals surface area contributed by atoms with Gasteiger partial charge in [0.1, 0.15) is 4.90 Å². The molecule has 112 valence electrons. The van der Waals surface area contributed by atoms with E-state index in [0.717, 1.165) is 18.8 Å². The summed E-state index contributed by atoms with van der Waals surface area (Å²) >= 11 is 0. The van der Waals surface area contributed by atoms with Gasteiger partial charge in [-0.25, -0.2) is 13.1 Å². The summed E-state index contributed by atoms with van der Waals surface area (Å²) in [5, 5.41) is 0. The van der Waals surface area contributed by atoms with Gasteiger partial charge >= 0.3 is 0 Å². The van der Waals surface area contributed by atoms with Crippen LogP contribution in [0.25, 0.3) is 0 Å². The highest BCUT2D eigenvalue weighted by atomic mass is 32.2. The summed E-state index contributed by atoms with van der Waals surface area (Å²) in [5.41, 5.74) is 6.79. The number of sulfonamides is 1. The number of aryl methyl sites for hydroxylation is 1. The number of anilines is 1. The van der Waals surface area contributed by atoms with Gasteiger partial charge in [-0.15, -0.1) is 0 Å². The zero-order chi connectivity index (χ0) is 14.6. The fraction of sp³-hybridized carbons (Fsp3) is 0.600. The molecule has 3 N–H and O–H groups in total. The summed E-state index contributed by atoms with van der Waals surface area (Å²) in [7, 11) is -3.49. The summed E-state index contributed by atoms with van der Waals surface area (Å²) in [6.07, 6.45) is 7.28. The summed E-state index contributed by atoms with van der Waals surface area (Å²) in [5.74, 6) is 0.794. The first-order valence-corrected chi connectivity index (χ1v) is 8.84. The molecule has 0 heterocycles. The summed E-state index contributed by atoms with van der Waals surface area (Å²) in [4.78, 5) is 0.223. The van der Waals surface area contributed by atoms with E-state index >= 15 is 0 Å². The second-order valence-electron chi connectivity index (χ2n) is 5.68. The number of benzene rings is 1. The lowest BCUT2D eigenvalue weighted by Gasteiger charge is -2.12. The molecular weight excluding hydrogens is 272 g/mol. The van der Waals surface area contributed by atoms with Crippen LogP contribution in [0.3, 0.4) is 0 Å². The van der Waals surface area contributed by atoms with E-state index in [-0.39, 0.29) is 4.90 Å². The predicted molar refractivity (Wildman–Crippen MR) is 82.0 cm³/mol. The topological polar surface area (TPSA) is 72.2 Å². The Bertz CT molecular complexity index is 529. The fourth-order valence-corrected chi connectivity index (χ4v) is 4.44. The van der Waals surface area contributed by atoms with E-state index in [9.17, 15) is 8.42 Å². The SMILES string of the molecule is Cc1cccc(N)c1S(=O)(=O)NCCCC1CCCC1. The lowest BCUT2D eigenvalue weighted by molar-refractivity contribution is 0.480. The second-order valence-corrected chi connectivity index (χ2v) is 7.39. The Morgan fingerprint density at radius 1 is 1.30 bits per heavy atom. The van der Waals surface area contributed by atoms with Gasteiger partial charge in [-0.1, -0.05) is 37.8 Å². The van der Waals surface area contributed by atoms with Crippen LogP contribution < -0.4 is 10.5 Å². The smallest absolute Gasteiger partial charge is 0.242 e. The monoisotopic (exact) mass is 296 g/mol. The van der Waals surface area contributed by atoms with E-state index in [1.54, 1.807) is 25.1 Å². The van der Waals surface area contributed by atoms with Crippen molar-refractivity contribution >= 4 is 15.7 Å². The molecule has 2 rings (SSSR count). The van der Waals surface area contributed by atoms with Crippen LogP contribution in [0.15, 0.2) is 23.1 Å². The highest BCUT2D eigenvalue weighted by Gasteiger charge is 2.20. The van der Waals surface area contributed by atoms with Crippen molar-refractivity contribution in [1.29, 1.82) is 0 Å². The molecule has 1 aliphatic rings. The lowest BCUT2D eigenvalue weighted by Crippen LogP contribution is -2.26. The molecule has 0 unspecified atom stereocenters. The average Bonchev–Trinajstić information content (AvgIpc) is 2.87. The number of nitrogens with two attached hydrogens (primary N) is 1. The van der Waals surface area contributed by atoms with Crippen molar-refractivity contribution in [2.24, 2.45) is 5.92 Å². The highest BCUT2D eigenvalue weighted by Crippen LogP contribution is 2.28.